The SMILES string of the molecule is CCCc1cc(N2CCCCC2CCO)nc(Nc2ccc(F)c(C#N)c2)n1. The summed E-state index contributed by atoms with van der Waals surface area (Å²) in [4.78, 5) is 11.5. The quantitative estimate of drug-likeness (QED) is 0.754. The Morgan fingerprint density at radius 3 is 2.93 bits per heavy atom. The van der Waals surface area contributed by atoms with Crippen molar-refractivity contribution >= 4 is 17.5 Å². The minimum absolute atomic E-state index is 0.0195. The van der Waals surface area contributed by atoms with Crippen molar-refractivity contribution in [2.24, 2.45) is 0 Å². The fourth-order valence-corrected chi connectivity index (χ4v) is 3.64. The lowest BCUT2D eigenvalue weighted by Gasteiger charge is -2.36. The van der Waals surface area contributed by atoms with E-state index >= 15 is 0 Å². The second-order valence-electron chi connectivity index (χ2n) is 7.08. The second-order valence-corrected chi connectivity index (χ2v) is 7.08. The van der Waals surface area contributed by atoms with Gasteiger partial charge >= 0.3 is 0 Å². The van der Waals surface area contributed by atoms with Crippen LogP contribution in [0.4, 0.5) is 21.8 Å². The maximum atomic E-state index is 13.6. The van der Waals surface area contributed by atoms with Crippen LogP contribution in [-0.2, 0) is 6.42 Å². The zero-order valence-corrected chi connectivity index (χ0v) is 16.2. The number of benzene rings is 1. The number of hydrogen-bond donors (Lipinski definition) is 2. The van der Waals surface area contributed by atoms with E-state index in [2.05, 4.69) is 22.1 Å². The topological polar surface area (TPSA) is 85.1 Å². The summed E-state index contributed by atoms with van der Waals surface area (Å²) < 4.78 is 13.6. The number of halogens is 1. The Balaban J connectivity index is 1.92. The molecule has 148 valence electrons. The molecule has 1 aromatic heterocycles. The van der Waals surface area contributed by atoms with Crippen LogP contribution in [0.5, 0.6) is 0 Å². The van der Waals surface area contributed by atoms with Gasteiger partial charge < -0.3 is 15.3 Å². The van der Waals surface area contributed by atoms with Crippen molar-refractivity contribution in [2.75, 3.05) is 23.4 Å². The third-order valence-electron chi connectivity index (χ3n) is 5.00. The number of piperidine rings is 1. The molecule has 0 amide bonds. The third-order valence-corrected chi connectivity index (χ3v) is 5.00. The monoisotopic (exact) mass is 383 g/mol. The van der Waals surface area contributed by atoms with Gasteiger partial charge in [-0.1, -0.05) is 13.3 Å². The number of aliphatic hydroxyl groups excluding tert-OH is 1. The molecule has 6 nitrogen and oxygen atoms in total. The normalized spacial score (nSPS) is 16.6. The summed E-state index contributed by atoms with van der Waals surface area (Å²) in [6.07, 6.45) is 5.81. The number of aryl methyl sites for hydroxylation is 1. The van der Waals surface area contributed by atoms with Gasteiger partial charge in [-0.3, -0.25) is 0 Å². The molecule has 1 aromatic carbocycles. The molecule has 28 heavy (non-hydrogen) atoms. The molecule has 0 spiro atoms. The Kier molecular flexibility index (Phi) is 6.77. The fraction of sp³-hybridized carbons (Fsp3) is 0.476. The van der Waals surface area contributed by atoms with E-state index in [-0.39, 0.29) is 18.2 Å². The molecular formula is C21H26FN5O. The van der Waals surface area contributed by atoms with E-state index < -0.39 is 5.82 Å². The summed E-state index contributed by atoms with van der Waals surface area (Å²) in [5, 5.41) is 21.6. The van der Waals surface area contributed by atoms with Crippen LogP contribution in [0.3, 0.4) is 0 Å². The molecule has 7 heteroatoms. The highest BCUT2D eigenvalue weighted by atomic mass is 19.1. The summed E-state index contributed by atoms with van der Waals surface area (Å²) in [6.45, 7) is 3.16. The molecule has 0 saturated carbocycles. The first-order chi connectivity index (χ1) is 13.6. The molecule has 2 aromatic rings. The highest BCUT2D eigenvalue weighted by Crippen LogP contribution is 2.27. The standard InChI is InChI=1S/C21H26FN5O/c1-2-5-16-13-20(27-10-4-3-6-18(27)9-11-28)26-21(24-16)25-17-7-8-19(22)15(12-17)14-23/h7-8,12-13,18,28H,2-6,9-11H2,1H3,(H,24,25,26). The van der Waals surface area contributed by atoms with Crippen LogP contribution in [0.2, 0.25) is 0 Å². The van der Waals surface area contributed by atoms with Gasteiger partial charge in [0.1, 0.15) is 17.7 Å². The van der Waals surface area contributed by atoms with Crippen LogP contribution in [0, 0.1) is 17.1 Å². The van der Waals surface area contributed by atoms with Crippen LogP contribution in [0.15, 0.2) is 24.3 Å². The molecule has 1 unspecified atom stereocenters. The molecule has 1 aliphatic heterocycles. The van der Waals surface area contributed by atoms with Crippen molar-refractivity contribution in [2.45, 2.75) is 51.5 Å². The molecule has 3 rings (SSSR count). The molecule has 0 bridgehead atoms. The average Bonchev–Trinajstić information content (AvgIpc) is 2.70. The van der Waals surface area contributed by atoms with Crippen LogP contribution < -0.4 is 10.2 Å². The summed E-state index contributed by atoms with van der Waals surface area (Å²) in [7, 11) is 0. The maximum absolute atomic E-state index is 13.6. The van der Waals surface area contributed by atoms with Crippen molar-refractivity contribution in [3.8, 4) is 6.07 Å². The van der Waals surface area contributed by atoms with Gasteiger partial charge in [-0.05, 0) is 50.3 Å². The number of rotatable bonds is 7. The Hall–Kier alpha value is -2.72. The summed E-state index contributed by atoms with van der Waals surface area (Å²) in [6, 6.07) is 8.43. The van der Waals surface area contributed by atoms with Crippen molar-refractivity contribution in [3.63, 3.8) is 0 Å². The van der Waals surface area contributed by atoms with E-state index in [1.807, 2.05) is 12.1 Å². The van der Waals surface area contributed by atoms with Crippen molar-refractivity contribution in [3.05, 3.63) is 41.3 Å². The Morgan fingerprint density at radius 2 is 2.18 bits per heavy atom. The minimum atomic E-state index is -0.547. The lowest BCUT2D eigenvalue weighted by atomic mass is 9.99. The van der Waals surface area contributed by atoms with Crippen molar-refractivity contribution in [1.29, 1.82) is 5.26 Å². The smallest absolute Gasteiger partial charge is 0.229 e. The zero-order chi connectivity index (χ0) is 19.9. The number of aromatic nitrogens is 2. The van der Waals surface area contributed by atoms with Gasteiger partial charge in [0.2, 0.25) is 5.95 Å². The lowest BCUT2D eigenvalue weighted by molar-refractivity contribution is 0.262. The van der Waals surface area contributed by atoms with E-state index in [1.54, 1.807) is 6.07 Å². The second kappa shape index (κ2) is 9.47. The number of hydrogen-bond acceptors (Lipinski definition) is 6. The van der Waals surface area contributed by atoms with Gasteiger partial charge in [0.05, 0.1) is 5.56 Å². The molecule has 0 radical (unpaired) electrons. The van der Waals surface area contributed by atoms with Gasteiger partial charge in [-0.2, -0.15) is 10.2 Å². The number of nitrogens with one attached hydrogen (secondary N) is 1. The van der Waals surface area contributed by atoms with Gasteiger partial charge in [0.15, 0.2) is 0 Å². The van der Waals surface area contributed by atoms with Gasteiger partial charge in [-0.25, -0.2) is 9.37 Å². The van der Waals surface area contributed by atoms with Crippen LogP contribution >= 0.6 is 0 Å². The van der Waals surface area contributed by atoms with E-state index in [9.17, 15) is 9.50 Å². The molecule has 1 saturated heterocycles. The first-order valence-corrected chi connectivity index (χ1v) is 9.86. The van der Waals surface area contributed by atoms with E-state index in [1.165, 1.54) is 12.1 Å². The molecule has 2 N–H and O–H groups in total. The largest absolute Gasteiger partial charge is 0.396 e. The first kappa shape index (κ1) is 20.0. The zero-order valence-electron chi connectivity index (χ0n) is 16.2. The third kappa shape index (κ3) is 4.76. The molecule has 0 aliphatic carbocycles. The molecule has 2 heterocycles. The van der Waals surface area contributed by atoms with Gasteiger partial charge in [-0.15, -0.1) is 0 Å². The molecular weight excluding hydrogens is 357 g/mol. The van der Waals surface area contributed by atoms with Crippen molar-refractivity contribution < 1.29 is 9.50 Å². The lowest BCUT2D eigenvalue weighted by Crippen LogP contribution is -2.40. The Labute approximate surface area is 165 Å². The van der Waals surface area contributed by atoms with E-state index in [0.29, 0.717) is 11.6 Å². The van der Waals surface area contributed by atoms with Gasteiger partial charge in [0, 0.05) is 36.6 Å². The van der Waals surface area contributed by atoms with E-state index in [0.717, 1.165) is 56.6 Å². The predicted molar refractivity (Wildman–Crippen MR) is 107 cm³/mol. The Morgan fingerprint density at radius 1 is 1.32 bits per heavy atom. The fourth-order valence-electron chi connectivity index (χ4n) is 3.64. The highest BCUT2D eigenvalue weighted by Gasteiger charge is 2.24. The summed E-state index contributed by atoms with van der Waals surface area (Å²) in [5.74, 6) is 0.737. The molecule has 1 atom stereocenters. The predicted octanol–water partition coefficient (Wildman–Crippen LogP) is 3.92. The van der Waals surface area contributed by atoms with Crippen LogP contribution in [0.1, 0.15) is 50.3 Å². The number of nitriles is 1. The number of nitrogens with zero attached hydrogens (tertiary/aromatic N) is 4. The van der Waals surface area contributed by atoms with Crippen LogP contribution in [-0.4, -0.2) is 34.3 Å². The summed E-state index contributed by atoms with van der Waals surface area (Å²) in [5.41, 5.74) is 1.49. The highest BCUT2D eigenvalue weighted by molar-refractivity contribution is 5.58. The Bertz CT molecular complexity index is 849. The number of aliphatic hydroxyl groups is 1. The molecule has 1 aliphatic rings. The first-order valence-electron chi connectivity index (χ1n) is 9.86. The van der Waals surface area contributed by atoms with Crippen LogP contribution in [0.25, 0.3) is 0 Å². The number of anilines is 3. The minimum Gasteiger partial charge on any atom is -0.396 e. The summed E-state index contributed by atoms with van der Waals surface area (Å²) >= 11 is 0. The van der Waals surface area contributed by atoms with Crippen molar-refractivity contribution in [1.82, 2.24) is 9.97 Å². The van der Waals surface area contributed by atoms with E-state index in [4.69, 9.17) is 10.2 Å². The van der Waals surface area contributed by atoms with Gasteiger partial charge in [0.25, 0.3) is 0 Å². The molecule has 1 fully saturated rings. The average molecular weight is 383 g/mol. The maximum Gasteiger partial charge on any atom is 0.229 e.